The van der Waals surface area contributed by atoms with Crippen LogP contribution in [0.4, 0.5) is 8.78 Å². The van der Waals surface area contributed by atoms with Crippen molar-refractivity contribution in [3.63, 3.8) is 0 Å². The molecule has 1 aromatic rings. The SMILES string of the molecule is C=CCCOc1ccc(OC[C@H]2CC[C@H](C=C)CC2)c(F)c1F. The highest BCUT2D eigenvalue weighted by atomic mass is 19.2. The van der Waals surface area contributed by atoms with Gasteiger partial charge in [0.1, 0.15) is 0 Å². The van der Waals surface area contributed by atoms with Gasteiger partial charge in [-0.25, -0.2) is 0 Å². The number of rotatable bonds is 8. The topological polar surface area (TPSA) is 18.5 Å². The Kier molecular flexibility index (Phi) is 6.63. The van der Waals surface area contributed by atoms with Crippen molar-refractivity contribution in [1.29, 1.82) is 0 Å². The molecule has 2 rings (SSSR count). The van der Waals surface area contributed by atoms with E-state index in [9.17, 15) is 8.78 Å². The summed E-state index contributed by atoms with van der Waals surface area (Å²) in [6.07, 6.45) is 8.47. The average molecular weight is 322 g/mol. The highest BCUT2D eigenvalue weighted by Gasteiger charge is 2.21. The molecule has 0 N–H and O–H groups in total. The summed E-state index contributed by atoms with van der Waals surface area (Å²) in [6, 6.07) is 2.84. The number of halogens is 2. The molecule has 126 valence electrons. The average Bonchev–Trinajstić information content (AvgIpc) is 2.58. The Morgan fingerprint density at radius 1 is 1.00 bits per heavy atom. The van der Waals surface area contributed by atoms with Crippen molar-refractivity contribution >= 4 is 0 Å². The van der Waals surface area contributed by atoms with Crippen LogP contribution >= 0.6 is 0 Å². The van der Waals surface area contributed by atoms with Crippen LogP contribution in [0.5, 0.6) is 11.5 Å². The summed E-state index contributed by atoms with van der Waals surface area (Å²) in [7, 11) is 0. The van der Waals surface area contributed by atoms with Crippen molar-refractivity contribution in [3.05, 3.63) is 49.1 Å². The van der Waals surface area contributed by atoms with Crippen molar-refractivity contribution in [3.8, 4) is 11.5 Å². The number of ether oxygens (including phenoxy) is 2. The third-order valence-electron chi connectivity index (χ3n) is 4.29. The predicted molar refractivity (Wildman–Crippen MR) is 87.8 cm³/mol. The van der Waals surface area contributed by atoms with E-state index in [1.54, 1.807) is 6.08 Å². The molecule has 0 radical (unpaired) electrons. The van der Waals surface area contributed by atoms with Gasteiger partial charge in [-0.1, -0.05) is 12.2 Å². The van der Waals surface area contributed by atoms with Crippen molar-refractivity contribution in [2.45, 2.75) is 32.1 Å². The van der Waals surface area contributed by atoms with Gasteiger partial charge in [-0.2, -0.15) is 8.78 Å². The van der Waals surface area contributed by atoms with E-state index in [2.05, 4.69) is 13.2 Å². The fourth-order valence-electron chi connectivity index (χ4n) is 2.79. The molecule has 4 heteroatoms. The standard InChI is InChI=1S/C19H24F2O2/c1-3-5-12-22-16-10-11-17(19(21)18(16)20)23-13-15-8-6-14(4-2)7-9-15/h3-4,10-11,14-15H,1-2,5-9,12-13H2/t14-,15-. The first kappa shape index (κ1) is 17.5. The van der Waals surface area contributed by atoms with E-state index in [0.717, 1.165) is 25.7 Å². The fourth-order valence-corrected chi connectivity index (χ4v) is 2.79. The summed E-state index contributed by atoms with van der Waals surface area (Å²) in [4.78, 5) is 0. The van der Waals surface area contributed by atoms with Gasteiger partial charge in [0.05, 0.1) is 13.2 Å². The third-order valence-corrected chi connectivity index (χ3v) is 4.29. The van der Waals surface area contributed by atoms with Crippen LogP contribution in [-0.4, -0.2) is 13.2 Å². The molecule has 2 nitrogen and oxygen atoms in total. The molecule has 0 aromatic heterocycles. The molecule has 0 saturated heterocycles. The molecule has 0 aliphatic heterocycles. The van der Waals surface area contributed by atoms with Crippen LogP contribution in [0.15, 0.2) is 37.4 Å². The summed E-state index contributed by atoms with van der Waals surface area (Å²) in [6.45, 7) is 8.05. The maximum absolute atomic E-state index is 14.0. The van der Waals surface area contributed by atoms with Crippen molar-refractivity contribution in [2.24, 2.45) is 11.8 Å². The first-order valence-corrected chi connectivity index (χ1v) is 8.12. The minimum absolute atomic E-state index is 0.0515. The smallest absolute Gasteiger partial charge is 0.204 e. The van der Waals surface area contributed by atoms with Crippen molar-refractivity contribution < 1.29 is 18.3 Å². The minimum Gasteiger partial charge on any atom is -0.490 e. The lowest BCUT2D eigenvalue weighted by Gasteiger charge is -2.26. The second kappa shape index (κ2) is 8.70. The maximum Gasteiger partial charge on any atom is 0.204 e. The third kappa shape index (κ3) is 4.81. The van der Waals surface area contributed by atoms with E-state index in [4.69, 9.17) is 9.47 Å². The van der Waals surface area contributed by atoms with E-state index in [-0.39, 0.29) is 18.1 Å². The zero-order valence-corrected chi connectivity index (χ0v) is 13.4. The molecule has 0 spiro atoms. The Hall–Kier alpha value is -1.84. The maximum atomic E-state index is 14.0. The quantitative estimate of drug-likeness (QED) is 0.478. The van der Waals surface area contributed by atoms with Crippen molar-refractivity contribution in [2.75, 3.05) is 13.2 Å². The van der Waals surface area contributed by atoms with Crippen LogP contribution in [0.2, 0.25) is 0 Å². The van der Waals surface area contributed by atoms with Gasteiger partial charge in [0, 0.05) is 0 Å². The van der Waals surface area contributed by atoms with Crippen molar-refractivity contribution in [1.82, 2.24) is 0 Å². The summed E-state index contributed by atoms with van der Waals surface area (Å²) in [5, 5.41) is 0. The Labute approximate surface area is 136 Å². The zero-order chi connectivity index (χ0) is 16.7. The van der Waals surface area contributed by atoms with Gasteiger partial charge in [-0.3, -0.25) is 0 Å². The highest BCUT2D eigenvalue weighted by Crippen LogP contribution is 2.32. The van der Waals surface area contributed by atoms with E-state index in [1.165, 1.54) is 12.1 Å². The zero-order valence-electron chi connectivity index (χ0n) is 13.4. The molecular weight excluding hydrogens is 298 g/mol. The normalized spacial score (nSPS) is 20.8. The monoisotopic (exact) mass is 322 g/mol. The van der Waals surface area contributed by atoms with Gasteiger partial charge in [-0.15, -0.1) is 13.2 Å². The molecule has 0 amide bonds. The molecule has 0 unspecified atom stereocenters. The van der Waals surface area contributed by atoms with E-state index >= 15 is 0 Å². The molecule has 0 atom stereocenters. The van der Waals surface area contributed by atoms with Gasteiger partial charge in [0.15, 0.2) is 11.5 Å². The lowest BCUT2D eigenvalue weighted by atomic mass is 9.82. The minimum atomic E-state index is -0.998. The highest BCUT2D eigenvalue weighted by molar-refractivity contribution is 5.35. The van der Waals surface area contributed by atoms with Crippen LogP contribution in [0.3, 0.4) is 0 Å². The first-order valence-electron chi connectivity index (χ1n) is 8.12. The number of allylic oxidation sites excluding steroid dienone is 1. The summed E-state index contributed by atoms with van der Waals surface area (Å²) >= 11 is 0. The Morgan fingerprint density at radius 3 is 2.17 bits per heavy atom. The van der Waals surface area contributed by atoms with Gasteiger partial charge < -0.3 is 9.47 Å². The van der Waals surface area contributed by atoms with E-state index < -0.39 is 11.6 Å². The Morgan fingerprint density at radius 2 is 1.61 bits per heavy atom. The predicted octanol–water partition coefficient (Wildman–Crippen LogP) is 5.29. The van der Waals surface area contributed by atoms with Gasteiger partial charge in [0.2, 0.25) is 11.6 Å². The molecule has 1 aliphatic rings. The number of benzene rings is 1. The van der Waals surface area contributed by atoms with Crippen LogP contribution in [0.1, 0.15) is 32.1 Å². The van der Waals surface area contributed by atoms with E-state index in [0.29, 0.717) is 24.9 Å². The fraction of sp³-hybridized carbons (Fsp3) is 0.474. The lowest BCUT2D eigenvalue weighted by Crippen LogP contribution is -2.19. The molecule has 0 bridgehead atoms. The van der Waals surface area contributed by atoms with Gasteiger partial charge in [-0.05, 0) is 56.1 Å². The summed E-state index contributed by atoms with van der Waals surface area (Å²) < 4.78 is 38.6. The Bertz CT molecular complexity index is 534. The summed E-state index contributed by atoms with van der Waals surface area (Å²) in [5.74, 6) is -1.17. The molecule has 1 fully saturated rings. The van der Waals surface area contributed by atoms with E-state index in [1.807, 2.05) is 6.08 Å². The van der Waals surface area contributed by atoms with Crippen LogP contribution in [0, 0.1) is 23.5 Å². The molecule has 1 saturated carbocycles. The number of hydrogen-bond donors (Lipinski definition) is 0. The largest absolute Gasteiger partial charge is 0.490 e. The van der Waals surface area contributed by atoms with Gasteiger partial charge in [0.25, 0.3) is 0 Å². The first-order chi connectivity index (χ1) is 11.2. The second-order valence-corrected chi connectivity index (χ2v) is 5.94. The van der Waals surface area contributed by atoms with Crippen LogP contribution in [-0.2, 0) is 0 Å². The van der Waals surface area contributed by atoms with Gasteiger partial charge >= 0.3 is 0 Å². The molecule has 1 aliphatic carbocycles. The number of hydrogen-bond acceptors (Lipinski definition) is 2. The lowest BCUT2D eigenvalue weighted by molar-refractivity contribution is 0.187. The molecule has 0 heterocycles. The van der Waals surface area contributed by atoms with Crippen LogP contribution in [0.25, 0.3) is 0 Å². The molecule has 23 heavy (non-hydrogen) atoms. The molecular formula is C19H24F2O2. The second-order valence-electron chi connectivity index (χ2n) is 5.94. The summed E-state index contributed by atoms with van der Waals surface area (Å²) in [5.41, 5.74) is 0. The van der Waals surface area contributed by atoms with Crippen LogP contribution < -0.4 is 9.47 Å². The molecule has 1 aromatic carbocycles. The Balaban J connectivity index is 1.89.